The van der Waals surface area contributed by atoms with Crippen molar-refractivity contribution in [3.05, 3.63) is 28.8 Å². The molecule has 0 heterocycles. The monoisotopic (exact) mass is 314 g/mol. The van der Waals surface area contributed by atoms with Crippen molar-refractivity contribution < 1.29 is 21.6 Å². The molecule has 9 heteroatoms. The third-order valence-corrected chi connectivity index (χ3v) is 4.67. The van der Waals surface area contributed by atoms with E-state index in [1.807, 2.05) is 0 Å². The van der Waals surface area contributed by atoms with E-state index in [1.165, 1.54) is 0 Å². The Kier molecular flexibility index (Phi) is 3.54. The first-order valence-corrected chi connectivity index (χ1v) is 7.12. The number of nitrogens with two attached hydrogens (primary N) is 1. The summed E-state index contributed by atoms with van der Waals surface area (Å²) in [5.41, 5.74) is 4.38. The van der Waals surface area contributed by atoms with Gasteiger partial charge < -0.3 is 5.73 Å². The van der Waals surface area contributed by atoms with Crippen molar-refractivity contribution in [3.63, 3.8) is 0 Å². The first kappa shape index (κ1) is 14.6. The Labute approximate surface area is 112 Å². The van der Waals surface area contributed by atoms with E-state index < -0.39 is 32.7 Å². The Morgan fingerprint density at radius 3 is 2.42 bits per heavy atom. The van der Waals surface area contributed by atoms with Crippen molar-refractivity contribution in [2.75, 3.05) is 0 Å². The Bertz CT molecular complexity index is 603. The van der Waals surface area contributed by atoms with E-state index >= 15 is 0 Å². The molecule has 0 spiro atoms. The van der Waals surface area contributed by atoms with Gasteiger partial charge in [-0.05, 0) is 24.6 Å². The third kappa shape index (κ3) is 3.19. The maximum atomic E-state index is 12.5. The zero-order chi connectivity index (χ0) is 14.4. The largest absolute Gasteiger partial charge is 0.416 e. The van der Waals surface area contributed by atoms with Gasteiger partial charge in [-0.3, -0.25) is 0 Å². The highest BCUT2D eigenvalue weighted by atomic mass is 35.5. The van der Waals surface area contributed by atoms with Crippen LogP contribution in [0.15, 0.2) is 23.1 Å². The Balaban J connectivity index is 2.38. The van der Waals surface area contributed by atoms with Crippen LogP contribution in [0, 0.1) is 0 Å². The molecule has 1 aliphatic rings. The summed E-state index contributed by atoms with van der Waals surface area (Å²) in [6.45, 7) is 0. The Hall–Kier alpha value is -0.830. The van der Waals surface area contributed by atoms with Gasteiger partial charge in [-0.2, -0.15) is 13.2 Å². The standard InChI is InChI=1S/C10H10ClF3N2O2S/c11-6-2-1-5(10(12,13)14)3-9(6)19(17,18)16-8-4-7(8)15/h1-3,7-8,16H,4,15H2. The van der Waals surface area contributed by atoms with Gasteiger partial charge in [0.15, 0.2) is 0 Å². The van der Waals surface area contributed by atoms with Crippen molar-refractivity contribution in [2.24, 2.45) is 5.73 Å². The van der Waals surface area contributed by atoms with Gasteiger partial charge in [0.05, 0.1) is 10.6 Å². The van der Waals surface area contributed by atoms with E-state index in [0.29, 0.717) is 12.5 Å². The van der Waals surface area contributed by atoms with E-state index in [-0.39, 0.29) is 11.1 Å². The summed E-state index contributed by atoms with van der Waals surface area (Å²) >= 11 is 5.65. The fourth-order valence-electron chi connectivity index (χ4n) is 1.50. The average molecular weight is 315 g/mol. The lowest BCUT2D eigenvalue weighted by Crippen LogP contribution is -2.30. The normalized spacial score (nSPS) is 23.4. The second-order valence-electron chi connectivity index (χ2n) is 4.27. The van der Waals surface area contributed by atoms with Crippen molar-refractivity contribution in [1.82, 2.24) is 4.72 Å². The van der Waals surface area contributed by atoms with Gasteiger partial charge in [-0.15, -0.1) is 0 Å². The highest BCUT2D eigenvalue weighted by Crippen LogP contribution is 2.34. The minimum atomic E-state index is -4.63. The second kappa shape index (κ2) is 4.62. The summed E-state index contributed by atoms with van der Waals surface area (Å²) in [6, 6.07) is 1.39. The zero-order valence-corrected chi connectivity index (χ0v) is 11.0. The molecule has 3 N–H and O–H groups in total. The predicted octanol–water partition coefficient (Wildman–Crippen LogP) is 1.74. The van der Waals surface area contributed by atoms with Crippen LogP contribution in [-0.4, -0.2) is 20.5 Å². The smallest absolute Gasteiger partial charge is 0.326 e. The number of sulfonamides is 1. The molecule has 0 radical (unpaired) electrons. The molecule has 0 saturated heterocycles. The molecule has 1 saturated carbocycles. The lowest BCUT2D eigenvalue weighted by molar-refractivity contribution is -0.137. The minimum Gasteiger partial charge on any atom is -0.326 e. The van der Waals surface area contributed by atoms with Crippen LogP contribution in [0.4, 0.5) is 13.2 Å². The van der Waals surface area contributed by atoms with Crippen LogP contribution < -0.4 is 10.5 Å². The van der Waals surface area contributed by atoms with Gasteiger partial charge in [0.2, 0.25) is 10.0 Å². The molecule has 0 aromatic heterocycles. The van der Waals surface area contributed by atoms with Crippen LogP contribution in [0.25, 0.3) is 0 Å². The van der Waals surface area contributed by atoms with Crippen LogP contribution in [0.5, 0.6) is 0 Å². The van der Waals surface area contributed by atoms with E-state index in [1.54, 1.807) is 0 Å². The van der Waals surface area contributed by atoms with Crippen molar-refractivity contribution in [2.45, 2.75) is 29.6 Å². The van der Waals surface area contributed by atoms with E-state index in [0.717, 1.165) is 12.1 Å². The van der Waals surface area contributed by atoms with Crippen molar-refractivity contribution in [3.8, 4) is 0 Å². The Morgan fingerprint density at radius 2 is 1.95 bits per heavy atom. The van der Waals surface area contributed by atoms with Gasteiger partial charge in [-0.1, -0.05) is 11.6 Å². The number of nitrogens with one attached hydrogen (secondary N) is 1. The lowest BCUT2D eigenvalue weighted by atomic mass is 10.2. The highest BCUT2D eigenvalue weighted by Gasteiger charge is 2.39. The van der Waals surface area contributed by atoms with E-state index in [4.69, 9.17) is 17.3 Å². The molecule has 2 atom stereocenters. The van der Waals surface area contributed by atoms with Gasteiger partial charge in [0.25, 0.3) is 0 Å². The van der Waals surface area contributed by atoms with Crippen LogP contribution >= 0.6 is 11.6 Å². The minimum absolute atomic E-state index is 0.269. The summed E-state index contributed by atoms with van der Waals surface area (Å²) in [5.74, 6) is 0. The third-order valence-electron chi connectivity index (χ3n) is 2.69. The molecular formula is C10H10ClF3N2O2S. The maximum absolute atomic E-state index is 12.5. The highest BCUT2D eigenvalue weighted by molar-refractivity contribution is 7.89. The quantitative estimate of drug-likeness (QED) is 0.892. The van der Waals surface area contributed by atoms with Crippen molar-refractivity contribution >= 4 is 21.6 Å². The summed E-state index contributed by atoms with van der Waals surface area (Å²) in [5, 5.41) is -0.269. The first-order chi connectivity index (χ1) is 8.61. The number of alkyl halides is 3. The zero-order valence-electron chi connectivity index (χ0n) is 9.41. The van der Waals surface area contributed by atoms with Crippen LogP contribution in [0.2, 0.25) is 5.02 Å². The van der Waals surface area contributed by atoms with Gasteiger partial charge in [0, 0.05) is 12.1 Å². The molecule has 2 unspecified atom stereocenters. The number of rotatable bonds is 3. The molecule has 106 valence electrons. The van der Waals surface area contributed by atoms with Gasteiger partial charge in [0.1, 0.15) is 4.90 Å². The predicted molar refractivity (Wildman–Crippen MR) is 63.2 cm³/mol. The molecule has 1 aromatic carbocycles. The molecule has 1 aromatic rings. The van der Waals surface area contributed by atoms with Crippen LogP contribution in [0.1, 0.15) is 12.0 Å². The van der Waals surface area contributed by atoms with Gasteiger partial charge in [-0.25, -0.2) is 13.1 Å². The first-order valence-electron chi connectivity index (χ1n) is 5.26. The molecule has 1 aliphatic carbocycles. The Morgan fingerprint density at radius 1 is 1.37 bits per heavy atom. The maximum Gasteiger partial charge on any atom is 0.416 e. The number of benzene rings is 1. The molecule has 0 bridgehead atoms. The van der Waals surface area contributed by atoms with E-state index in [9.17, 15) is 21.6 Å². The summed E-state index contributed by atoms with van der Waals surface area (Å²) < 4.78 is 63.7. The second-order valence-corrected chi connectivity index (χ2v) is 6.36. The molecule has 1 fully saturated rings. The summed E-state index contributed by atoms with van der Waals surface area (Å²) in [6.07, 6.45) is -4.18. The summed E-state index contributed by atoms with van der Waals surface area (Å²) in [7, 11) is -4.11. The van der Waals surface area contributed by atoms with Crippen LogP contribution in [0.3, 0.4) is 0 Å². The lowest BCUT2D eigenvalue weighted by Gasteiger charge is -2.11. The molecule has 4 nitrogen and oxygen atoms in total. The number of hydrogen-bond donors (Lipinski definition) is 2. The average Bonchev–Trinajstić information content (AvgIpc) is 2.91. The molecule has 0 aliphatic heterocycles. The molecule has 0 amide bonds. The van der Waals surface area contributed by atoms with E-state index in [2.05, 4.69) is 4.72 Å². The number of halogens is 4. The van der Waals surface area contributed by atoms with Gasteiger partial charge >= 0.3 is 6.18 Å². The topological polar surface area (TPSA) is 72.2 Å². The fraction of sp³-hybridized carbons (Fsp3) is 0.400. The fourth-order valence-corrected chi connectivity index (χ4v) is 3.32. The van der Waals surface area contributed by atoms with Crippen LogP contribution in [-0.2, 0) is 16.2 Å². The van der Waals surface area contributed by atoms with Crippen molar-refractivity contribution in [1.29, 1.82) is 0 Å². The SMILES string of the molecule is NC1CC1NS(=O)(=O)c1cc(C(F)(F)F)ccc1Cl. The number of hydrogen-bond acceptors (Lipinski definition) is 3. The molecule has 19 heavy (non-hydrogen) atoms. The molecule has 2 rings (SSSR count). The summed E-state index contributed by atoms with van der Waals surface area (Å²) in [4.78, 5) is -0.594. The molecular weight excluding hydrogens is 305 g/mol.